The van der Waals surface area contributed by atoms with Crippen molar-refractivity contribution in [3.05, 3.63) is 0 Å². The molecule has 18 heavy (non-hydrogen) atoms. The molecule has 1 heterocycles. The lowest BCUT2D eigenvalue weighted by Gasteiger charge is -2.56. The lowest BCUT2D eigenvalue weighted by atomic mass is 9.77. The van der Waals surface area contributed by atoms with E-state index in [1.54, 1.807) is 13.8 Å². The van der Waals surface area contributed by atoms with Crippen LogP contribution in [0.4, 0.5) is 0 Å². The molecule has 4 nitrogen and oxygen atoms in total. The third-order valence-electron chi connectivity index (χ3n) is 4.57. The normalized spacial score (nSPS) is 28.3. The summed E-state index contributed by atoms with van der Waals surface area (Å²) in [6.45, 7) is 12.4. The Labute approximate surface area is 112 Å². The zero-order valence-corrected chi connectivity index (χ0v) is 12.9. The van der Waals surface area contributed by atoms with Crippen LogP contribution in [-0.4, -0.2) is 56.6 Å². The monoisotopic (exact) mass is 258 g/mol. The van der Waals surface area contributed by atoms with Gasteiger partial charge in [-0.25, -0.2) is 0 Å². The summed E-state index contributed by atoms with van der Waals surface area (Å²) in [7, 11) is 2.16. The number of piperidine rings is 1. The quantitative estimate of drug-likeness (QED) is 0.755. The first kappa shape index (κ1) is 15.9. The molecule has 4 heteroatoms. The molecule has 0 aromatic rings. The minimum absolute atomic E-state index is 0.0639. The molecule has 2 atom stereocenters. The van der Waals surface area contributed by atoms with Gasteiger partial charge in [-0.1, -0.05) is 0 Å². The van der Waals surface area contributed by atoms with Crippen LogP contribution in [0.5, 0.6) is 0 Å². The maximum atomic E-state index is 9.89. The number of hydrogen-bond donors (Lipinski definition) is 2. The standard InChI is InChI=1S/C14H30N2O2/c1-10(17)16(11(2)18)12-8-13(3,4)15(7)14(5,6)9-12/h10-12,17-18H,8-9H2,1-7H3. The first-order valence-electron chi connectivity index (χ1n) is 6.86. The predicted molar refractivity (Wildman–Crippen MR) is 74.1 cm³/mol. The van der Waals surface area contributed by atoms with Crippen molar-refractivity contribution >= 4 is 0 Å². The van der Waals surface area contributed by atoms with Crippen LogP contribution in [0.3, 0.4) is 0 Å². The Balaban J connectivity index is 2.98. The third kappa shape index (κ3) is 3.05. The van der Waals surface area contributed by atoms with E-state index in [1.807, 2.05) is 4.90 Å². The van der Waals surface area contributed by atoms with E-state index in [4.69, 9.17) is 0 Å². The molecule has 1 fully saturated rings. The smallest absolute Gasteiger partial charge is 0.106 e. The fourth-order valence-electron chi connectivity index (χ4n) is 3.45. The highest BCUT2D eigenvalue weighted by Gasteiger charge is 2.45. The zero-order valence-electron chi connectivity index (χ0n) is 12.9. The molecule has 1 rings (SSSR count). The Kier molecular flexibility index (Phi) is 4.49. The summed E-state index contributed by atoms with van der Waals surface area (Å²) in [5.74, 6) is 0. The Bertz CT molecular complexity index is 262. The molecule has 2 N–H and O–H groups in total. The van der Waals surface area contributed by atoms with Crippen LogP contribution in [0.2, 0.25) is 0 Å². The molecule has 0 bridgehead atoms. The molecule has 0 spiro atoms. The topological polar surface area (TPSA) is 46.9 Å². The number of aliphatic hydroxyl groups excluding tert-OH is 2. The lowest BCUT2D eigenvalue weighted by Crippen LogP contribution is -2.64. The largest absolute Gasteiger partial charge is 0.379 e. The molecule has 0 amide bonds. The second-order valence-corrected chi connectivity index (χ2v) is 6.96. The molecule has 1 aliphatic rings. The van der Waals surface area contributed by atoms with Crippen molar-refractivity contribution in [2.75, 3.05) is 7.05 Å². The first-order valence-corrected chi connectivity index (χ1v) is 6.86. The van der Waals surface area contributed by atoms with Crippen LogP contribution in [0.1, 0.15) is 54.4 Å². The van der Waals surface area contributed by atoms with E-state index in [0.29, 0.717) is 0 Å². The lowest BCUT2D eigenvalue weighted by molar-refractivity contribution is -0.146. The fraction of sp³-hybridized carbons (Fsp3) is 1.00. The van der Waals surface area contributed by atoms with Gasteiger partial charge in [-0.15, -0.1) is 0 Å². The van der Waals surface area contributed by atoms with Gasteiger partial charge in [-0.3, -0.25) is 9.80 Å². The van der Waals surface area contributed by atoms with E-state index in [-0.39, 0.29) is 17.1 Å². The van der Waals surface area contributed by atoms with Crippen molar-refractivity contribution in [2.24, 2.45) is 0 Å². The van der Waals surface area contributed by atoms with Crippen molar-refractivity contribution in [1.82, 2.24) is 9.80 Å². The van der Waals surface area contributed by atoms with Gasteiger partial charge in [0.15, 0.2) is 0 Å². The second kappa shape index (κ2) is 5.08. The van der Waals surface area contributed by atoms with Crippen molar-refractivity contribution < 1.29 is 10.2 Å². The SMILES string of the molecule is CC(O)N(C(C)O)C1CC(C)(C)N(C)C(C)(C)C1. The summed E-state index contributed by atoms with van der Waals surface area (Å²) >= 11 is 0. The summed E-state index contributed by atoms with van der Waals surface area (Å²) in [5.41, 5.74) is 0.128. The summed E-state index contributed by atoms with van der Waals surface area (Å²) < 4.78 is 0. The maximum absolute atomic E-state index is 9.89. The Hall–Kier alpha value is -0.160. The number of nitrogens with zero attached hydrogens (tertiary/aromatic N) is 2. The number of rotatable bonds is 3. The molecule has 0 aromatic heterocycles. The van der Waals surface area contributed by atoms with E-state index in [1.165, 1.54) is 0 Å². The third-order valence-corrected chi connectivity index (χ3v) is 4.57. The van der Waals surface area contributed by atoms with Gasteiger partial charge in [-0.2, -0.15) is 0 Å². The number of hydrogen-bond acceptors (Lipinski definition) is 4. The van der Waals surface area contributed by atoms with Gasteiger partial charge in [0, 0.05) is 17.1 Å². The molecular weight excluding hydrogens is 228 g/mol. The van der Waals surface area contributed by atoms with Gasteiger partial charge >= 0.3 is 0 Å². The van der Waals surface area contributed by atoms with Gasteiger partial charge < -0.3 is 10.2 Å². The molecule has 0 radical (unpaired) electrons. The molecule has 0 aliphatic carbocycles. The Morgan fingerprint density at radius 3 is 1.61 bits per heavy atom. The zero-order chi connectivity index (χ0) is 14.3. The summed E-state index contributed by atoms with van der Waals surface area (Å²) in [4.78, 5) is 4.22. The summed E-state index contributed by atoms with van der Waals surface area (Å²) in [6.07, 6.45) is 0.654. The van der Waals surface area contributed by atoms with Gasteiger partial charge in [-0.05, 0) is 61.4 Å². The van der Waals surface area contributed by atoms with E-state index in [9.17, 15) is 10.2 Å². The van der Waals surface area contributed by atoms with E-state index in [0.717, 1.165) is 12.8 Å². The summed E-state index contributed by atoms with van der Waals surface area (Å²) in [6, 6.07) is 0.200. The van der Waals surface area contributed by atoms with Gasteiger partial charge in [0.05, 0.1) is 0 Å². The fourth-order valence-corrected chi connectivity index (χ4v) is 3.45. The Morgan fingerprint density at radius 1 is 1.00 bits per heavy atom. The van der Waals surface area contributed by atoms with Gasteiger partial charge in [0.25, 0.3) is 0 Å². The van der Waals surface area contributed by atoms with Gasteiger partial charge in [0.2, 0.25) is 0 Å². The highest BCUT2D eigenvalue weighted by atomic mass is 16.3. The Morgan fingerprint density at radius 2 is 1.33 bits per heavy atom. The van der Waals surface area contributed by atoms with E-state index >= 15 is 0 Å². The minimum atomic E-state index is -0.620. The van der Waals surface area contributed by atoms with Crippen LogP contribution in [-0.2, 0) is 0 Å². The van der Waals surface area contributed by atoms with E-state index < -0.39 is 12.5 Å². The maximum Gasteiger partial charge on any atom is 0.106 e. The van der Waals surface area contributed by atoms with Crippen LogP contribution < -0.4 is 0 Å². The van der Waals surface area contributed by atoms with Crippen LogP contribution in [0.25, 0.3) is 0 Å². The highest BCUT2D eigenvalue weighted by molar-refractivity contribution is 5.01. The number of aliphatic hydroxyl groups is 2. The molecule has 0 aromatic carbocycles. The molecule has 0 saturated carbocycles. The highest BCUT2D eigenvalue weighted by Crippen LogP contribution is 2.39. The molecule has 1 saturated heterocycles. The number of likely N-dealkylation sites (tertiary alicyclic amines) is 1. The molecule has 2 unspecified atom stereocenters. The van der Waals surface area contributed by atoms with Crippen molar-refractivity contribution in [3.63, 3.8) is 0 Å². The summed E-state index contributed by atoms with van der Waals surface area (Å²) in [5, 5.41) is 19.8. The van der Waals surface area contributed by atoms with Crippen molar-refractivity contribution in [2.45, 2.75) is 84.0 Å². The van der Waals surface area contributed by atoms with E-state index in [2.05, 4.69) is 39.6 Å². The van der Waals surface area contributed by atoms with Crippen LogP contribution in [0.15, 0.2) is 0 Å². The van der Waals surface area contributed by atoms with Crippen LogP contribution in [0, 0.1) is 0 Å². The van der Waals surface area contributed by atoms with Crippen molar-refractivity contribution in [3.8, 4) is 0 Å². The van der Waals surface area contributed by atoms with Crippen molar-refractivity contribution in [1.29, 1.82) is 0 Å². The van der Waals surface area contributed by atoms with Gasteiger partial charge in [0.1, 0.15) is 12.5 Å². The minimum Gasteiger partial charge on any atom is -0.379 e. The molecule has 108 valence electrons. The molecular formula is C14H30N2O2. The first-order chi connectivity index (χ1) is 7.99. The molecule has 1 aliphatic heterocycles. The predicted octanol–water partition coefficient (Wildman–Crippen LogP) is 1.62. The second-order valence-electron chi connectivity index (χ2n) is 6.96. The average molecular weight is 258 g/mol. The van der Waals surface area contributed by atoms with Crippen LogP contribution >= 0.6 is 0 Å². The average Bonchev–Trinajstić information content (AvgIpc) is 2.11.